The first-order chi connectivity index (χ1) is 10.0. The number of aromatic hydroxyl groups is 1. The normalized spacial score (nSPS) is 10.6. The maximum atomic E-state index is 11.7. The third kappa shape index (κ3) is 4.35. The van der Waals surface area contributed by atoms with Crippen molar-refractivity contribution in [3.05, 3.63) is 59.2 Å². The number of amides is 2. The molecule has 0 atom stereocenters. The van der Waals surface area contributed by atoms with Crippen LogP contribution in [0.15, 0.2) is 47.6 Å². The molecule has 0 unspecified atom stereocenters. The number of benzene rings is 2. The maximum Gasteiger partial charge on any atom is 0.339 e. The molecule has 2 amide bonds. The number of hydrogen-bond donors (Lipinski definition) is 3. The van der Waals surface area contributed by atoms with Gasteiger partial charge in [0.05, 0.1) is 6.21 Å². The van der Waals surface area contributed by atoms with Gasteiger partial charge in [0.1, 0.15) is 5.75 Å². The van der Waals surface area contributed by atoms with Gasteiger partial charge in [0, 0.05) is 5.69 Å². The predicted molar refractivity (Wildman–Crippen MR) is 83.8 cm³/mol. The molecule has 2 aromatic carbocycles. The molecular weight excluding hydrogens is 266 g/mol. The van der Waals surface area contributed by atoms with Crippen LogP contribution in [0.2, 0.25) is 0 Å². The SMILES string of the molecule is Cc1ccc(NC(=O)N/N=C/c2cccc(O)c2)c(C)c1. The van der Waals surface area contributed by atoms with Crippen LogP contribution in [0.5, 0.6) is 5.75 Å². The summed E-state index contributed by atoms with van der Waals surface area (Å²) in [5, 5.41) is 15.9. The number of carbonyl (C=O) groups excluding carboxylic acids is 1. The van der Waals surface area contributed by atoms with E-state index in [0.29, 0.717) is 5.56 Å². The lowest BCUT2D eigenvalue weighted by atomic mass is 10.1. The molecule has 0 aliphatic heterocycles. The number of carbonyl (C=O) groups is 1. The van der Waals surface area contributed by atoms with Crippen LogP contribution in [0.1, 0.15) is 16.7 Å². The van der Waals surface area contributed by atoms with Crippen LogP contribution in [0.25, 0.3) is 0 Å². The van der Waals surface area contributed by atoms with E-state index in [2.05, 4.69) is 15.8 Å². The van der Waals surface area contributed by atoms with E-state index in [9.17, 15) is 9.90 Å². The highest BCUT2D eigenvalue weighted by atomic mass is 16.3. The Bertz CT molecular complexity index is 681. The molecule has 0 spiro atoms. The van der Waals surface area contributed by atoms with Crippen molar-refractivity contribution in [3.63, 3.8) is 0 Å². The molecule has 0 bridgehead atoms. The molecule has 5 heteroatoms. The number of anilines is 1. The van der Waals surface area contributed by atoms with Crippen molar-refractivity contribution in [2.45, 2.75) is 13.8 Å². The Balaban J connectivity index is 1.93. The van der Waals surface area contributed by atoms with Gasteiger partial charge in [-0.3, -0.25) is 0 Å². The molecule has 21 heavy (non-hydrogen) atoms. The van der Waals surface area contributed by atoms with E-state index >= 15 is 0 Å². The van der Waals surface area contributed by atoms with Crippen LogP contribution >= 0.6 is 0 Å². The lowest BCUT2D eigenvalue weighted by molar-refractivity contribution is 0.252. The van der Waals surface area contributed by atoms with Gasteiger partial charge in [-0.2, -0.15) is 5.10 Å². The largest absolute Gasteiger partial charge is 0.508 e. The van der Waals surface area contributed by atoms with Crippen molar-refractivity contribution in [1.82, 2.24) is 5.43 Å². The summed E-state index contributed by atoms with van der Waals surface area (Å²) in [7, 11) is 0. The minimum atomic E-state index is -0.418. The second kappa shape index (κ2) is 6.56. The average molecular weight is 283 g/mol. The van der Waals surface area contributed by atoms with Crippen LogP contribution in [-0.4, -0.2) is 17.4 Å². The van der Waals surface area contributed by atoms with Crippen molar-refractivity contribution < 1.29 is 9.90 Å². The standard InChI is InChI=1S/C16H17N3O2/c1-11-6-7-15(12(2)8-11)18-16(21)19-17-10-13-4-3-5-14(20)9-13/h3-10,20H,1-2H3,(H2,18,19,21)/b17-10+. The fourth-order valence-corrected chi connectivity index (χ4v) is 1.87. The van der Waals surface area contributed by atoms with Gasteiger partial charge in [-0.1, -0.05) is 29.8 Å². The predicted octanol–water partition coefficient (Wildman–Crippen LogP) is 3.16. The van der Waals surface area contributed by atoms with Gasteiger partial charge in [0.25, 0.3) is 0 Å². The number of urea groups is 1. The number of phenols is 1. The second-order valence-electron chi connectivity index (χ2n) is 4.74. The van der Waals surface area contributed by atoms with E-state index in [1.54, 1.807) is 24.3 Å². The monoisotopic (exact) mass is 283 g/mol. The van der Waals surface area contributed by atoms with Crippen molar-refractivity contribution in [1.29, 1.82) is 0 Å². The number of hydrazone groups is 1. The highest BCUT2D eigenvalue weighted by molar-refractivity contribution is 5.91. The van der Waals surface area contributed by atoms with Crippen molar-refractivity contribution >= 4 is 17.9 Å². The molecule has 2 aromatic rings. The molecule has 2 rings (SSSR count). The first kappa shape index (κ1) is 14.6. The van der Waals surface area contributed by atoms with E-state index < -0.39 is 6.03 Å². The molecule has 0 aromatic heterocycles. The Kier molecular flexibility index (Phi) is 4.56. The molecule has 0 saturated carbocycles. The topological polar surface area (TPSA) is 73.7 Å². The summed E-state index contributed by atoms with van der Waals surface area (Å²) in [6, 6.07) is 11.9. The Morgan fingerprint density at radius 1 is 1.19 bits per heavy atom. The summed E-state index contributed by atoms with van der Waals surface area (Å²) in [4.78, 5) is 11.7. The van der Waals surface area contributed by atoms with Gasteiger partial charge in [0.15, 0.2) is 0 Å². The molecule has 0 saturated heterocycles. The molecule has 0 aliphatic rings. The van der Waals surface area contributed by atoms with Crippen LogP contribution in [0.4, 0.5) is 10.5 Å². The van der Waals surface area contributed by atoms with E-state index in [4.69, 9.17) is 0 Å². The van der Waals surface area contributed by atoms with Crippen molar-refractivity contribution in [3.8, 4) is 5.75 Å². The number of aryl methyl sites for hydroxylation is 2. The smallest absolute Gasteiger partial charge is 0.339 e. The third-order valence-corrected chi connectivity index (χ3v) is 2.88. The number of rotatable bonds is 3. The van der Waals surface area contributed by atoms with Crippen LogP contribution in [0, 0.1) is 13.8 Å². The van der Waals surface area contributed by atoms with Gasteiger partial charge in [0.2, 0.25) is 0 Å². The third-order valence-electron chi connectivity index (χ3n) is 2.88. The number of nitrogens with one attached hydrogen (secondary N) is 2. The van der Waals surface area contributed by atoms with Crippen LogP contribution < -0.4 is 10.7 Å². The van der Waals surface area contributed by atoms with Gasteiger partial charge in [-0.25, -0.2) is 10.2 Å². The minimum Gasteiger partial charge on any atom is -0.508 e. The second-order valence-corrected chi connectivity index (χ2v) is 4.74. The zero-order valence-electron chi connectivity index (χ0n) is 11.9. The Labute approximate surface area is 123 Å². The van der Waals surface area contributed by atoms with E-state index in [-0.39, 0.29) is 5.75 Å². The van der Waals surface area contributed by atoms with E-state index in [1.807, 2.05) is 32.0 Å². The van der Waals surface area contributed by atoms with Gasteiger partial charge in [-0.05, 0) is 43.2 Å². The fraction of sp³-hybridized carbons (Fsp3) is 0.125. The molecule has 0 fully saturated rings. The zero-order chi connectivity index (χ0) is 15.2. The number of hydrogen-bond acceptors (Lipinski definition) is 3. The minimum absolute atomic E-state index is 0.152. The summed E-state index contributed by atoms with van der Waals surface area (Å²) in [5.74, 6) is 0.152. The average Bonchev–Trinajstić information content (AvgIpc) is 2.42. The first-order valence-corrected chi connectivity index (χ1v) is 6.51. The number of phenolic OH excluding ortho intramolecular Hbond substituents is 1. The highest BCUT2D eigenvalue weighted by Gasteiger charge is 2.03. The molecule has 5 nitrogen and oxygen atoms in total. The molecule has 3 N–H and O–H groups in total. The Hall–Kier alpha value is -2.82. The van der Waals surface area contributed by atoms with Crippen LogP contribution in [-0.2, 0) is 0 Å². The summed E-state index contributed by atoms with van der Waals surface area (Å²) in [5.41, 5.74) is 5.94. The lowest BCUT2D eigenvalue weighted by Gasteiger charge is -2.08. The quantitative estimate of drug-likeness (QED) is 0.598. The van der Waals surface area contributed by atoms with Gasteiger partial charge >= 0.3 is 6.03 Å². The Morgan fingerprint density at radius 3 is 2.71 bits per heavy atom. The zero-order valence-corrected chi connectivity index (χ0v) is 11.9. The summed E-state index contributed by atoms with van der Waals surface area (Å²) in [6.45, 7) is 3.93. The maximum absolute atomic E-state index is 11.7. The van der Waals surface area contributed by atoms with E-state index in [1.165, 1.54) is 6.21 Å². The Morgan fingerprint density at radius 2 is 2.00 bits per heavy atom. The van der Waals surface area contributed by atoms with E-state index in [0.717, 1.165) is 16.8 Å². The van der Waals surface area contributed by atoms with Gasteiger partial charge in [-0.15, -0.1) is 0 Å². The lowest BCUT2D eigenvalue weighted by Crippen LogP contribution is -2.24. The fourth-order valence-electron chi connectivity index (χ4n) is 1.87. The van der Waals surface area contributed by atoms with Crippen LogP contribution in [0.3, 0.4) is 0 Å². The highest BCUT2D eigenvalue weighted by Crippen LogP contribution is 2.15. The van der Waals surface area contributed by atoms with Crippen molar-refractivity contribution in [2.75, 3.05) is 5.32 Å². The molecule has 0 heterocycles. The summed E-state index contributed by atoms with van der Waals surface area (Å²) < 4.78 is 0. The first-order valence-electron chi connectivity index (χ1n) is 6.51. The van der Waals surface area contributed by atoms with Crippen molar-refractivity contribution in [2.24, 2.45) is 5.10 Å². The molecule has 0 radical (unpaired) electrons. The summed E-state index contributed by atoms with van der Waals surface area (Å²) >= 11 is 0. The summed E-state index contributed by atoms with van der Waals surface area (Å²) in [6.07, 6.45) is 1.46. The molecule has 108 valence electrons. The molecule has 0 aliphatic carbocycles. The van der Waals surface area contributed by atoms with Gasteiger partial charge < -0.3 is 10.4 Å². The number of nitrogens with zero attached hydrogens (tertiary/aromatic N) is 1. The molecular formula is C16H17N3O2.